The third-order valence-corrected chi connectivity index (χ3v) is 3.61. The summed E-state index contributed by atoms with van der Waals surface area (Å²) in [5, 5.41) is 4.79. The van der Waals surface area contributed by atoms with Gasteiger partial charge in [0.25, 0.3) is 0 Å². The van der Waals surface area contributed by atoms with Crippen LogP contribution in [0.3, 0.4) is 0 Å². The van der Waals surface area contributed by atoms with Gasteiger partial charge in [0.2, 0.25) is 0 Å². The number of hydrogen-bond acceptors (Lipinski definition) is 3. The fraction of sp³-hybridized carbons (Fsp3) is 0.400. The first-order chi connectivity index (χ1) is 8.75. The monoisotopic (exact) mass is 242 g/mol. The second kappa shape index (κ2) is 4.67. The summed E-state index contributed by atoms with van der Waals surface area (Å²) in [5.41, 5.74) is 2.48. The van der Waals surface area contributed by atoms with Crippen molar-refractivity contribution in [3.8, 4) is 0 Å². The quantitative estimate of drug-likeness (QED) is 0.898. The highest BCUT2D eigenvalue weighted by Gasteiger charge is 2.28. The van der Waals surface area contributed by atoms with Crippen LogP contribution >= 0.6 is 0 Å². The molecule has 1 aromatic carbocycles. The maximum atomic E-state index is 5.45. The minimum Gasteiger partial charge on any atom is -0.379 e. The maximum Gasteiger partial charge on any atom is 0.0702 e. The van der Waals surface area contributed by atoms with Gasteiger partial charge in [-0.1, -0.05) is 12.1 Å². The highest BCUT2D eigenvalue weighted by molar-refractivity contribution is 5.78. The molecule has 1 aliphatic heterocycles. The summed E-state index contributed by atoms with van der Waals surface area (Å²) >= 11 is 0. The van der Waals surface area contributed by atoms with Crippen LogP contribution < -0.4 is 5.32 Å². The van der Waals surface area contributed by atoms with Crippen LogP contribution in [0.5, 0.6) is 0 Å². The van der Waals surface area contributed by atoms with Gasteiger partial charge >= 0.3 is 0 Å². The second-order valence-electron chi connectivity index (χ2n) is 5.25. The number of fused-ring (bicyclic) bond motifs is 1. The molecule has 0 bridgehead atoms. The Bertz CT molecular complexity index is 547. The van der Waals surface area contributed by atoms with Gasteiger partial charge in [0.1, 0.15) is 0 Å². The van der Waals surface area contributed by atoms with Crippen molar-refractivity contribution in [1.29, 1.82) is 0 Å². The number of benzene rings is 1. The molecule has 0 aliphatic carbocycles. The summed E-state index contributed by atoms with van der Waals surface area (Å²) in [6, 6.07) is 10.5. The first-order valence-electron chi connectivity index (χ1n) is 6.42. The molecule has 2 aromatic rings. The van der Waals surface area contributed by atoms with Gasteiger partial charge in [-0.05, 0) is 37.1 Å². The SMILES string of the molecule is CC1(NCc2ccc3ncccc3c2)CCOC1. The van der Waals surface area contributed by atoms with E-state index < -0.39 is 0 Å². The van der Waals surface area contributed by atoms with Crippen molar-refractivity contribution in [2.75, 3.05) is 13.2 Å². The largest absolute Gasteiger partial charge is 0.379 e. The van der Waals surface area contributed by atoms with E-state index in [1.165, 1.54) is 10.9 Å². The number of pyridine rings is 1. The van der Waals surface area contributed by atoms with Gasteiger partial charge in [0.05, 0.1) is 12.1 Å². The third kappa shape index (κ3) is 2.37. The highest BCUT2D eigenvalue weighted by atomic mass is 16.5. The molecule has 1 aliphatic rings. The fourth-order valence-corrected chi connectivity index (χ4v) is 2.36. The number of ether oxygens (including phenoxy) is 1. The van der Waals surface area contributed by atoms with Gasteiger partial charge < -0.3 is 10.1 Å². The third-order valence-electron chi connectivity index (χ3n) is 3.61. The minimum atomic E-state index is 0.129. The Balaban J connectivity index is 1.74. The van der Waals surface area contributed by atoms with Crippen LogP contribution in [0.2, 0.25) is 0 Å². The van der Waals surface area contributed by atoms with Gasteiger partial charge in [0.15, 0.2) is 0 Å². The fourth-order valence-electron chi connectivity index (χ4n) is 2.36. The smallest absolute Gasteiger partial charge is 0.0702 e. The van der Waals surface area contributed by atoms with Crippen LogP contribution in [0, 0.1) is 0 Å². The summed E-state index contributed by atoms with van der Waals surface area (Å²) in [5.74, 6) is 0. The Morgan fingerprint density at radius 2 is 2.33 bits per heavy atom. The predicted molar refractivity (Wildman–Crippen MR) is 72.4 cm³/mol. The lowest BCUT2D eigenvalue weighted by Crippen LogP contribution is -2.42. The normalized spacial score (nSPS) is 23.6. The topological polar surface area (TPSA) is 34.2 Å². The summed E-state index contributed by atoms with van der Waals surface area (Å²) < 4.78 is 5.45. The Labute approximate surface area is 107 Å². The first-order valence-corrected chi connectivity index (χ1v) is 6.42. The van der Waals surface area contributed by atoms with Gasteiger partial charge in [-0.3, -0.25) is 4.98 Å². The standard InChI is InChI=1S/C15H18N2O/c1-15(6-8-18-11-15)17-10-12-4-5-14-13(9-12)3-2-7-16-14/h2-5,7,9,17H,6,8,10-11H2,1H3. The number of hydrogen-bond donors (Lipinski definition) is 1. The summed E-state index contributed by atoms with van der Waals surface area (Å²) in [6.07, 6.45) is 2.92. The Hall–Kier alpha value is -1.45. The molecule has 1 saturated heterocycles. The lowest BCUT2D eigenvalue weighted by molar-refractivity contribution is 0.171. The zero-order chi connectivity index (χ0) is 12.4. The van der Waals surface area contributed by atoms with Gasteiger partial charge in [0, 0.05) is 30.3 Å². The van der Waals surface area contributed by atoms with Crippen LogP contribution in [0.1, 0.15) is 18.9 Å². The molecule has 1 fully saturated rings. The Morgan fingerprint density at radius 1 is 1.39 bits per heavy atom. The summed E-state index contributed by atoms with van der Waals surface area (Å²) in [6.45, 7) is 4.78. The van der Waals surface area contributed by atoms with Crippen LogP contribution in [-0.2, 0) is 11.3 Å². The van der Waals surface area contributed by atoms with E-state index in [-0.39, 0.29) is 5.54 Å². The van der Waals surface area contributed by atoms with Crippen molar-refractivity contribution in [2.24, 2.45) is 0 Å². The molecule has 3 nitrogen and oxygen atoms in total. The van der Waals surface area contributed by atoms with E-state index >= 15 is 0 Å². The molecule has 0 spiro atoms. The van der Waals surface area contributed by atoms with Crippen LogP contribution in [0.4, 0.5) is 0 Å². The average Bonchev–Trinajstić information content (AvgIpc) is 2.84. The lowest BCUT2D eigenvalue weighted by atomic mass is 10.0. The Morgan fingerprint density at radius 3 is 3.17 bits per heavy atom. The number of nitrogens with one attached hydrogen (secondary N) is 1. The van der Waals surface area contributed by atoms with Crippen molar-refractivity contribution in [1.82, 2.24) is 10.3 Å². The van der Waals surface area contributed by atoms with E-state index in [1.54, 1.807) is 0 Å². The molecule has 0 amide bonds. The summed E-state index contributed by atoms with van der Waals surface area (Å²) in [7, 11) is 0. The minimum absolute atomic E-state index is 0.129. The van der Waals surface area contributed by atoms with E-state index in [0.717, 1.165) is 31.7 Å². The molecule has 0 saturated carbocycles. The maximum absolute atomic E-state index is 5.45. The molecule has 18 heavy (non-hydrogen) atoms. The molecule has 94 valence electrons. The highest BCUT2D eigenvalue weighted by Crippen LogP contribution is 2.19. The molecule has 0 radical (unpaired) electrons. The van der Waals surface area contributed by atoms with Crippen LogP contribution in [0.15, 0.2) is 36.5 Å². The van der Waals surface area contributed by atoms with Crippen molar-refractivity contribution in [3.63, 3.8) is 0 Å². The lowest BCUT2D eigenvalue weighted by Gasteiger charge is -2.23. The molecule has 2 heterocycles. The van der Waals surface area contributed by atoms with E-state index in [4.69, 9.17) is 4.74 Å². The molecule has 3 rings (SSSR count). The van der Waals surface area contributed by atoms with Crippen molar-refractivity contribution < 1.29 is 4.74 Å². The molecule has 1 atom stereocenters. The molecule has 1 aromatic heterocycles. The molecule has 1 N–H and O–H groups in total. The average molecular weight is 242 g/mol. The van der Waals surface area contributed by atoms with Crippen molar-refractivity contribution in [3.05, 3.63) is 42.1 Å². The zero-order valence-electron chi connectivity index (χ0n) is 10.6. The number of aromatic nitrogens is 1. The van der Waals surface area contributed by atoms with Crippen molar-refractivity contribution in [2.45, 2.75) is 25.4 Å². The van der Waals surface area contributed by atoms with E-state index in [2.05, 4.69) is 41.5 Å². The van der Waals surface area contributed by atoms with Crippen LogP contribution in [-0.4, -0.2) is 23.7 Å². The second-order valence-corrected chi connectivity index (χ2v) is 5.25. The van der Waals surface area contributed by atoms with Crippen molar-refractivity contribution >= 4 is 10.9 Å². The van der Waals surface area contributed by atoms with Crippen LogP contribution in [0.25, 0.3) is 10.9 Å². The molecular weight excluding hydrogens is 224 g/mol. The summed E-state index contributed by atoms with van der Waals surface area (Å²) in [4.78, 5) is 4.33. The number of rotatable bonds is 3. The van der Waals surface area contributed by atoms with Gasteiger partial charge in [-0.25, -0.2) is 0 Å². The Kier molecular flexibility index (Phi) is 3.02. The van der Waals surface area contributed by atoms with E-state index in [0.29, 0.717) is 0 Å². The van der Waals surface area contributed by atoms with E-state index in [1.807, 2.05) is 12.3 Å². The zero-order valence-corrected chi connectivity index (χ0v) is 10.6. The molecule has 3 heteroatoms. The predicted octanol–water partition coefficient (Wildman–Crippen LogP) is 2.50. The first kappa shape index (κ1) is 11.6. The molecular formula is C15H18N2O. The van der Waals surface area contributed by atoms with Gasteiger partial charge in [-0.15, -0.1) is 0 Å². The van der Waals surface area contributed by atoms with E-state index in [9.17, 15) is 0 Å². The molecule has 1 unspecified atom stereocenters. The number of nitrogens with zero attached hydrogens (tertiary/aromatic N) is 1. The van der Waals surface area contributed by atoms with Gasteiger partial charge in [-0.2, -0.15) is 0 Å².